The van der Waals surface area contributed by atoms with E-state index < -0.39 is 5.97 Å². The molecule has 0 aromatic carbocycles. The molecule has 1 radical (unpaired) electrons. The molecule has 2 heterocycles. The molecule has 4 nitrogen and oxygen atoms in total. The Morgan fingerprint density at radius 1 is 1.29 bits per heavy atom. The maximum Gasteiger partial charge on any atom is 0.353 e. The van der Waals surface area contributed by atoms with Gasteiger partial charge in [-0.1, -0.05) is 13.8 Å². The van der Waals surface area contributed by atoms with Crippen molar-refractivity contribution in [3.63, 3.8) is 0 Å². The van der Waals surface area contributed by atoms with E-state index in [1.54, 1.807) is 19.1 Å². The van der Waals surface area contributed by atoms with Gasteiger partial charge >= 0.3 is 5.97 Å². The molecule has 0 atom stereocenters. The molecule has 2 aromatic heterocycles. The smallest absolute Gasteiger partial charge is 0.353 e. The predicted molar refractivity (Wildman–Crippen MR) is 62.1 cm³/mol. The predicted octanol–water partition coefficient (Wildman–Crippen LogP) is 2.68. The molecule has 2 aromatic rings. The third-order valence-corrected chi connectivity index (χ3v) is 2.15. The van der Waals surface area contributed by atoms with Gasteiger partial charge in [0.2, 0.25) is 0 Å². The number of rotatable bonds is 1. The number of aromatic nitrogens is 1. The first-order valence-electron chi connectivity index (χ1n) is 5.13. The number of nitrogens with zero attached hydrogens (tertiary/aromatic N) is 1. The summed E-state index contributed by atoms with van der Waals surface area (Å²) in [5, 5.41) is 18.2. The van der Waals surface area contributed by atoms with Crippen molar-refractivity contribution in [1.29, 1.82) is 0 Å². The molecule has 0 saturated heterocycles. The van der Waals surface area contributed by atoms with Crippen LogP contribution in [0.15, 0.2) is 24.4 Å². The number of hydrogen-bond acceptors (Lipinski definition) is 2. The van der Waals surface area contributed by atoms with Gasteiger partial charge in [0.25, 0.3) is 0 Å². The van der Waals surface area contributed by atoms with Gasteiger partial charge in [0.15, 0.2) is 0 Å². The first-order chi connectivity index (χ1) is 7.59. The molecule has 2 N–H and O–H groups in total. The number of carboxylic acids is 1. The Labute approximate surface area is 125 Å². The second-order valence-electron chi connectivity index (χ2n) is 3.16. The minimum atomic E-state index is -0.992. The monoisotopic (exact) mass is 310 g/mol. The molecule has 2 rings (SSSR count). The normalized spacial score (nSPS) is 9.12. The van der Waals surface area contributed by atoms with Crippen LogP contribution in [0, 0.1) is 6.92 Å². The van der Waals surface area contributed by atoms with Crippen LogP contribution < -0.4 is 0 Å². The summed E-state index contributed by atoms with van der Waals surface area (Å²) in [5.74, 6) is -0.941. The van der Waals surface area contributed by atoms with Crippen molar-refractivity contribution in [2.45, 2.75) is 20.8 Å². The molecular formula is C12H15NO3Y. The van der Waals surface area contributed by atoms with Crippen LogP contribution in [0.5, 0.6) is 5.75 Å². The van der Waals surface area contributed by atoms with Crippen LogP contribution in [0.3, 0.4) is 0 Å². The number of carbonyl (C=O) groups is 1. The second kappa shape index (κ2) is 6.77. The van der Waals surface area contributed by atoms with Crippen LogP contribution in [0.2, 0.25) is 0 Å². The molecule has 0 bridgehead atoms. The third-order valence-electron chi connectivity index (χ3n) is 2.15. The molecule has 0 aliphatic rings. The van der Waals surface area contributed by atoms with Gasteiger partial charge in [0, 0.05) is 38.2 Å². The van der Waals surface area contributed by atoms with Crippen molar-refractivity contribution in [1.82, 2.24) is 4.40 Å². The Morgan fingerprint density at radius 2 is 1.88 bits per heavy atom. The number of fused-ring (bicyclic) bond motifs is 1. The van der Waals surface area contributed by atoms with Crippen LogP contribution in [0.25, 0.3) is 5.52 Å². The quantitative estimate of drug-likeness (QED) is 0.851. The summed E-state index contributed by atoms with van der Waals surface area (Å²) in [6.07, 6.45) is 1.39. The van der Waals surface area contributed by atoms with Gasteiger partial charge in [-0.05, 0) is 30.7 Å². The summed E-state index contributed by atoms with van der Waals surface area (Å²) in [5.41, 5.74) is 1.64. The standard InChI is InChI=1S/C10H9NO3.C2H6.Y/c1-6-4-7-2-3-8(12)5-11(7)9(6)10(13)14;1-2;/h2-5,12H,1H3,(H,13,14);1-2H3;. The average molecular weight is 310 g/mol. The molecule has 5 heteroatoms. The van der Waals surface area contributed by atoms with Crippen LogP contribution in [-0.4, -0.2) is 20.6 Å². The van der Waals surface area contributed by atoms with E-state index in [1.807, 2.05) is 13.8 Å². The van der Waals surface area contributed by atoms with Crippen molar-refractivity contribution in [3.05, 3.63) is 35.7 Å². The van der Waals surface area contributed by atoms with E-state index in [9.17, 15) is 9.90 Å². The number of pyridine rings is 1. The van der Waals surface area contributed by atoms with E-state index >= 15 is 0 Å². The number of hydrogen-bond donors (Lipinski definition) is 2. The molecule has 0 saturated carbocycles. The average Bonchev–Trinajstić information content (AvgIpc) is 2.56. The first kappa shape index (κ1) is 16.1. The zero-order chi connectivity index (χ0) is 12.3. The van der Waals surface area contributed by atoms with Crippen molar-refractivity contribution >= 4 is 11.5 Å². The summed E-state index contributed by atoms with van der Waals surface area (Å²) >= 11 is 0. The van der Waals surface area contributed by atoms with Crippen molar-refractivity contribution in [2.24, 2.45) is 0 Å². The number of aromatic carboxylic acids is 1. The largest absolute Gasteiger partial charge is 0.506 e. The van der Waals surface area contributed by atoms with Gasteiger partial charge in [-0.15, -0.1) is 0 Å². The number of carboxylic acid groups (broad SMARTS) is 1. The molecule has 0 fully saturated rings. The SMILES string of the molecule is CC.Cc1cc2ccc(O)cn2c1C(=O)O.[Y]. The van der Waals surface area contributed by atoms with E-state index in [1.165, 1.54) is 16.7 Å². The van der Waals surface area contributed by atoms with E-state index in [0.717, 1.165) is 5.52 Å². The molecule has 0 aliphatic heterocycles. The number of aromatic hydroxyl groups is 1. The second-order valence-corrected chi connectivity index (χ2v) is 3.16. The van der Waals surface area contributed by atoms with E-state index in [2.05, 4.69) is 0 Å². The van der Waals surface area contributed by atoms with Crippen molar-refractivity contribution in [2.75, 3.05) is 0 Å². The van der Waals surface area contributed by atoms with Crippen LogP contribution in [0.4, 0.5) is 0 Å². The molecular weight excluding hydrogens is 295 g/mol. The maximum atomic E-state index is 10.9. The fourth-order valence-corrected chi connectivity index (χ4v) is 1.56. The fraction of sp³-hybridized carbons (Fsp3) is 0.250. The Balaban J connectivity index is 0.000000811. The van der Waals surface area contributed by atoms with Crippen LogP contribution in [-0.2, 0) is 32.7 Å². The van der Waals surface area contributed by atoms with Gasteiger partial charge < -0.3 is 14.6 Å². The zero-order valence-corrected chi connectivity index (χ0v) is 13.0. The van der Waals surface area contributed by atoms with Gasteiger partial charge in [-0.3, -0.25) is 0 Å². The van der Waals surface area contributed by atoms with Crippen LogP contribution >= 0.6 is 0 Å². The van der Waals surface area contributed by atoms with Crippen molar-refractivity contribution in [3.8, 4) is 5.75 Å². The Bertz CT molecular complexity index is 520. The first-order valence-corrected chi connectivity index (χ1v) is 5.13. The van der Waals surface area contributed by atoms with E-state index in [-0.39, 0.29) is 44.2 Å². The molecule has 17 heavy (non-hydrogen) atoms. The minimum Gasteiger partial charge on any atom is -0.506 e. The summed E-state index contributed by atoms with van der Waals surface area (Å²) in [6.45, 7) is 5.73. The topological polar surface area (TPSA) is 61.9 Å². The summed E-state index contributed by atoms with van der Waals surface area (Å²) in [4.78, 5) is 10.9. The molecule has 0 aliphatic carbocycles. The molecule has 89 valence electrons. The Hall–Kier alpha value is -0.866. The van der Waals surface area contributed by atoms with Crippen molar-refractivity contribution < 1.29 is 47.7 Å². The van der Waals surface area contributed by atoms with Gasteiger partial charge in [-0.2, -0.15) is 0 Å². The summed E-state index contributed by atoms with van der Waals surface area (Å²) in [7, 11) is 0. The summed E-state index contributed by atoms with van der Waals surface area (Å²) < 4.78 is 1.47. The minimum absolute atomic E-state index is 0. The van der Waals surface area contributed by atoms with E-state index in [4.69, 9.17) is 5.11 Å². The van der Waals surface area contributed by atoms with Gasteiger partial charge in [0.05, 0.1) is 6.20 Å². The maximum absolute atomic E-state index is 10.9. The van der Waals surface area contributed by atoms with Crippen LogP contribution in [0.1, 0.15) is 29.9 Å². The number of aryl methyl sites for hydroxylation is 1. The Morgan fingerprint density at radius 3 is 2.41 bits per heavy atom. The molecule has 0 unspecified atom stereocenters. The van der Waals surface area contributed by atoms with E-state index in [0.29, 0.717) is 5.56 Å². The summed E-state index contributed by atoms with van der Waals surface area (Å²) in [6, 6.07) is 4.97. The third kappa shape index (κ3) is 3.30. The molecule has 0 spiro atoms. The fourth-order valence-electron chi connectivity index (χ4n) is 1.56. The van der Waals surface area contributed by atoms with Gasteiger partial charge in [-0.25, -0.2) is 4.79 Å². The molecule has 0 amide bonds. The van der Waals surface area contributed by atoms with Gasteiger partial charge in [0.1, 0.15) is 11.4 Å². The Kier molecular flexibility index (Phi) is 6.42. The zero-order valence-electron chi connectivity index (χ0n) is 10.1.